The molecule has 7 heteroatoms. The Balaban J connectivity index is 2.58. The first-order valence-electron chi connectivity index (χ1n) is 6.66. The normalized spacial score (nSPS) is 10.0. The molecule has 0 radical (unpaired) electrons. The number of hydrogen-bond acceptors (Lipinski definition) is 5. The van der Waals surface area contributed by atoms with E-state index in [9.17, 15) is 19.7 Å². The molecular formula is C16H14N2O5. The zero-order valence-electron chi connectivity index (χ0n) is 12.6. The molecule has 2 aromatic rings. The van der Waals surface area contributed by atoms with Crippen LogP contribution in [0.5, 0.6) is 0 Å². The Morgan fingerprint density at radius 2 is 1.74 bits per heavy atom. The lowest BCUT2D eigenvalue weighted by Gasteiger charge is -2.18. The van der Waals surface area contributed by atoms with Crippen LogP contribution >= 0.6 is 0 Å². The van der Waals surface area contributed by atoms with E-state index in [1.54, 1.807) is 30.3 Å². The highest BCUT2D eigenvalue weighted by Gasteiger charge is 2.30. The number of methoxy groups -OCH3 is 1. The molecule has 1 amide bonds. The van der Waals surface area contributed by atoms with E-state index in [0.29, 0.717) is 5.69 Å². The average Bonchev–Trinajstić information content (AvgIpc) is 2.59. The summed E-state index contributed by atoms with van der Waals surface area (Å²) in [6.45, 7) is 0. The minimum atomic E-state index is -0.807. The van der Waals surface area contributed by atoms with E-state index in [0.717, 1.165) is 7.11 Å². The van der Waals surface area contributed by atoms with E-state index >= 15 is 0 Å². The first-order valence-corrected chi connectivity index (χ1v) is 6.66. The van der Waals surface area contributed by atoms with Crippen molar-refractivity contribution in [1.29, 1.82) is 0 Å². The number of carbonyl (C=O) groups excluding carboxylic acids is 2. The molecular weight excluding hydrogens is 300 g/mol. The number of nitro benzene ring substituents is 1. The molecule has 0 fully saturated rings. The van der Waals surface area contributed by atoms with Crippen molar-refractivity contribution in [3.05, 3.63) is 69.8 Å². The van der Waals surface area contributed by atoms with Crippen molar-refractivity contribution >= 4 is 23.3 Å². The van der Waals surface area contributed by atoms with Crippen LogP contribution in [-0.4, -0.2) is 31.0 Å². The molecule has 7 nitrogen and oxygen atoms in total. The van der Waals surface area contributed by atoms with Crippen molar-refractivity contribution in [2.75, 3.05) is 19.1 Å². The number of carbonyl (C=O) groups is 2. The maximum atomic E-state index is 12.7. The highest BCUT2D eigenvalue weighted by molar-refractivity contribution is 6.14. The Morgan fingerprint density at radius 3 is 2.30 bits per heavy atom. The van der Waals surface area contributed by atoms with Crippen LogP contribution in [0.15, 0.2) is 48.5 Å². The number of amides is 1. The molecule has 2 aromatic carbocycles. The Bertz CT molecular complexity index is 758. The summed E-state index contributed by atoms with van der Waals surface area (Å²) in [5.41, 5.74) is -0.336. The van der Waals surface area contributed by atoms with Gasteiger partial charge in [0.2, 0.25) is 0 Å². The molecule has 0 aliphatic rings. The Morgan fingerprint density at radius 1 is 1.09 bits per heavy atom. The molecule has 118 valence electrons. The fourth-order valence-corrected chi connectivity index (χ4v) is 2.13. The Kier molecular flexibility index (Phi) is 4.70. The average molecular weight is 314 g/mol. The number of ether oxygens (including phenoxy) is 1. The van der Waals surface area contributed by atoms with Crippen LogP contribution in [0.25, 0.3) is 0 Å². The van der Waals surface area contributed by atoms with Gasteiger partial charge in [-0.05, 0) is 18.2 Å². The number of benzene rings is 2. The summed E-state index contributed by atoms with van der Waals surface area (Å²) in [4.78, 5) is 36.4. The molecule has 2 rings (SSSR count). The van der Waals surface area contributed by atoms with Crippen molar-refractivity contribution in [2.24, 2.45) is 0 Å². The van der Waals surface area contributed by atoms with Gasteiger partial charge in [0.15, 0.2) is 0 Å². The number of hydrogen-bond donors (Lipinski definition) is 0. The van der Waals surface area contributed by atoms with Gasteiger partial charge in [-0.2, -0.15) is 0 Å². The maximum absolute atomic E-state index is 12.7. The molecule has 0 aliphatic carbocycles. The number of esters is 1. The Hall–Kier alpha value is -3.22. The van der Waals surface area contributed by atoms with Gasteiger partial charge in [-0.3, -0.25) is 14.9 Å². The van der Waals surface area contributed by atoms with Crippen LogP contribution in [-0.2, 0) is 4.74 Å². The quantitative estimate of drug-likeness (QED) is 0.491. The molecule has 0 unspecified atom stereocenters. The highest BCUT2D eigenvalue weighted by Crippen LogP contribution is 2.26. The van der Waals surface area contributed by atoms with Crippen molar-refractivity contribution < 1.29 is 19.2 Å². The van der Waals surface area contributed by atoms with Gasteiger partial charge in [-0.1, -0.05) is 24.3 Å². The van der Waals surface area contributed by atoms with Gasteiger partial charge in [0.1, 0.15) is 5.56 Å². The third-order valence-corrected chi connectivity index (χ3v) is 3.31. The summed E-state index contributed by atoms with van der Waals surface area (Å²) in [5, 5.41) is 11.2. The monoisotopic (exact) mass is 314 g/mol. The number of nitrogens with zero attached hydrogens (tertiary/aromatic N) is 2. The van der Waals surface area contributed by atoms with E-state index in [1.807, 2.05) is 0 Å². The number of anilines is 1. The van der Waals surface area contributed by atoms with Crippen LogP contribution in [0, 0.1) is 10.1 Å². The fraction of sp³-hybridized carbons (Fsp3) is 0.125. The van der Waals surface area contributed by atoms with Crippen LogP contribution in [0.3, 0.4) is 0 Å². The van der Waals surface area contributed by atoms with Gasteiger partial charge in [0, 0.05) is 18.8 Å². The molecule has 0 bridgehead atoms. The van der Waals surface area contributed by atoms with E-state index in [-0.39, 0.29) is 11.1 Å². The van der Waals surface area contributed by atoms with Gasteiger partial charge < -0.3 is 9.64 Å². The number of para-hydroxylation sites is 1. The molecule has 0 saturated heterocycles. The molecule has 0 N–H and O–H groups in total. The van der Waals surface area contributed by atoms with Crippen molar-refractivity contribution in [1.82, 2.24) is 0 Å². The summed E-state index contributed by atoms with van der Waals surface area (Å²) in [7, 11) is 2.63. The van der Waals surface area contributed by atoms with Gasteiger partial charge in [-0.25, -0.2) is 4.79 Å². The minimum Gasteiger partial charge on any atom is -0.465 e. The molecule has 0 heterocycles. The maximum Gasteiger partial charge on any atom is 0.338 e. The number of rotatable bonds is 4. The van der Waals surface area contributed by atoms with Gasteiger partial charge in [0.05, 0.1) is 17.6 Å². The SMILES string of the molecule is COC(=O)c1cccc([N+](=O)[O-])c1C(=O)N(C)c1ccccc1. The van der Waals surface area contributed by atoms with Crippen molar-refractivity contribution in [3.8, 4) is 0 Å². The van der Waals surface area contributed by atoms with Crippen LogP contribution < -0.4 is 4.90 Å². The third kappa shape index (κ3) is 3.18. The number of nitro groups is 1. The van der Waals surface area contributed by atoms with Gasteiger partial charge in [0.25, 0.3) is 11.6 Å². The third-order valence-electron chi connectivity index (χ3n) is 3.31. The zero-order chi connectivity index (χ0) is 17.0. The van der Waals surface area contributed by atoms with E-state index in [2.05, 4.69) is 4.74 Å². The topological polar surface area (TPSA) is 89.7 Å². The first kappa shape index (κ1) is 16.2. The predicted octanol–water partition coefficient (Wildman–Crippen LogP) is 2.66. The molecule has 0 spiro atoms. The van der Waals surface area contributed by atoms with E-state index in [4.69, 9.17) is 0 Å². The fourth-order valence-electron chi connectivity index (χ4n) is 2.13. The standard InChI is InChI=1S/C16H14N2O5/c1-17(11-7-4-3-5-8-11)15(19)14-12(16(20)23-2)9-6-10-13(14)18(21)22/h3-10H,1-2H3. The summed E-state index contributed by atoms with van der Waals surface area (Å²) in [5.74, 6) is -1.47. The van der Waals surface area contributed by atoms with Crippen LogP contribution in [0.1, 0.15) is 20.7 Å². The van der Waals surface area contributed by atoms with E-state index < -0.39 is 22.5 Å². The summed E-state index contributed by atoms with van der Waals surface area (Å²) in [6.07, 6.45) is 0. The van der Waals surface area contributed by atoms with Crippen molar-refractivity contribution in [2.45, 2.75) is 0 Å². The second-order valence-corrected chi connectivity index (χ2v) is 4.65. The van der Waals surface area contributed by atoms with Crippen LogP contribution in [0.4, 0.5) is 11.4 Å². The summed E-state index contributed by atoms with van der Waals surface area (Å²) >= 11 is 0. The minimum absolute atomic E-state index is 0.144. The lowest BCUT2D eigenvalue weighted by Crippen LogP contribution is -2.29. The predicted molar refractivity (Wildman–Crippen MR) is 83.6 cm³/mol. The molecule has 0 aliphatic heterocycles. The van der Waals surface area contributed by atoms with E-state index in [1.165, 1.54) is 30.1 Å². The second-order valence-electron chi connectivity index (χ2n) is 4.65. The van der Waals surface area contributed by atoms with Crippen molar-refractivity contribution in [3.63, 3.8) is 0 Å². The smallest absolute Gasteiger partial charge is 0.338 e. The zero-order valence-corrected chi connectivity index (χ0v) is 12.6. The van der Waals surface area contributed by atoms with Gasteiger partial charge >= 0.3 is 5.97 Å². The molecule has 0 aromatic heterocycles. The molecule has 23 heavy (non-hydrogen) atoms. The lowest BCUT2D eigenvalue weighted by atomic mass is 10.0. The van der Waals surface area contributed by atoms with Gasteiger partial charge in [-0.15, -0.1) is 0 Å². The summed E-state index contributed by atoms with van der Waals surface area (Å²) in [6, 6.07) is 12.5. The first-order chi connectivity index (χ1) is 11.0. The second kappa shape index (κ2) is 6.69. The Labute approximate surface area is 132 Å². The lowest BCUT2D eigenvalue weighted by molar-refractivity contribution is -0.385. The molecule has 0 saturated carbocycles. The molecule has 0 atom stereocenters. The summed E-state index contributed by atoms with van der Waals surface area (Å²) < 4.78 is 4.62. The highest BCUT2D eigenvalue weighted by atomic mass is 16.6. The largest absolute Gasteiger partial charge is 0.465 e. The van der Waals surface area contributed by atoms with Crippen LogP contribution in [0.2, 0.25) is 0 Å².